The van der Waals surface area contributed by atoms with Gasteiger partial charge in [0.15, 0.2) is 0 Å². The van der Waals surface area contributed by atoms with Crippen molar-refractivity contribution in [3.8, 4) is 11.1 Å². The Hall–Kier alpha value is -3.68. The predicted molar refractivity (Wildman–Crippen MR) is 136 cm³/mol. The largest absolute Gasteiger partial charge is 0.458 e. The fraction of sp³-hybridized carbons (Fsp3) is 0.429. The minimum absolute atomic E-state index is 0.00595. The number of nitrogens with one attached hydrogen (secondary N) is 1. The summed E-state index contributed by atoms with van der Waals surface area (Å²) in [6.07, 6.45) is 1.03. The highest BCUT2D eigenvalue weighted by atomic mass is 16.6. The van der Waals surface area contributed by atoms with Crippen LogP contribution in [-0.2, 0) is 14.3 Å². The number of hydrogen-bond acceptors (Lipinski definition) is 6. The maximum atomic E-state index is 13.0. The highest BCUT2D eigenvalue weighted by Gasteiger charge is 2.32. The van der Waals surface area contributed by atoms with Crippen LogP contribution >= 0.6 is 0 Å². The lowest BCUT2D eigenvalue weighted by molar-refractivity contribution is -0.158. The average molecular weight is 491 g/mol. The standard InChI is InChI=1S/C28H34N4O4/c1-17(2)25(24-15-29-31-32(24)18(3)26(33)36-28(4,5)6)30-27(34)35-16-23-21-13-9-7-11-19(21)20-12-8-10-14-22(20)23/h7-15,17-18,23,25H,16H2,1-6H3,(H,30,34)/t18-,25-/m0/s1. The molecule has 0 unspecified atom stereocenters. The van der Waals surface area contributed by atoms with Gasteiger partial charge in [0.2, 0.25) is 0 Å². The number of ether oxygens (including phenoxy) is 2. The van der Waals surface area contributed by atoms with Crippen LogP contribution in [-0.4, -0.2) is 39.3 Å². The van der Waals surface area contributed by atoms with Crippen LogP contribution in [0.1, 0.15) is 76.4 Å². The molecule has 8 heteroatoms. The summed E-state index contributed by atoms with van der Waals surface area (Å²) in [4.78, 5) is 25.6. The Kier molecular flexibility index (Phi) is 7.15. The maximum Gasteiger partial charge on any atom is 0.407 e. The van der Waals surface area contributed by atoms with Crippen molar-refractivity contribution in [2.75, 3.05) is 6.61 Å². The highest BCUT2D eigenvalue weighted by molar-refractivity contribution is 5.79. The van der Waals surface area contributed by atoms with Gasteiger partial charge in [-0.3, -0.25) is 0 Å². The van der Waals surface area contributed by atoms with Gasteiger partial charge in [-0.05, 0) is 55.9 Å². The second-order valence-corrected chi connectivity index (χ2v) is 10.5. The van der Waals surface area contributed by atoms with E-state index >= 15 is 0 Å². The molecule has 2 atom stereocenters. The molecule has 1 aliphatic rings. The normalized spacial score (nSPS) is 14.6. The van der Waals surface area contributed by atoms with Crippen molar-refractivity contribution >= 4 is 12.1 Å². The maximum absolute atomic E-state index is 13.0. The molecule has 8 nitrogen and oxygen atoms in total. The molecule has 0 bridgehead atoms. The van der Waals surface area contributed by atoms with E-state index in [1.165, 1.54) is 15.8 Å². The van der Waals surface area contributed by atoms with Gasteiger partial charge in [0, 0.05) is 5.92 Å². The van der Waals surface area contributed by atoms with Gasteiger partial charge in [0.05, 0.1) is 17.9 Å². The number of amides is 1. The van der Waals surface area contributed by atoms with Crippen LogP contribution in [0.15, 0.2) is 54.7 Å². The van der Waals surface area contributed by atoms with Crippen molar-refractivity contribution in [2.45, 2.75) is 65.1 Å². The summed E-state index contributed by atoms with van der Waals surface area (Å²) in [5.41, 5.74) is 4.64. The number of alkyl carbamates (subject to hydrolysis) is 1. The Labute approximate surface area is 212 Å². The van der Waals surface area contributed by atoms with Crippen molar-refractivity contribution in [3.63, 3.8) is 0 Å². The number of aromatic nitrogens is 3. The molecule has 2 aromatic carbocycles. The minimum atomic E-state index is -0.702. The summed E-state index contributed by atoms with van der Waals surface area (Å²) in [5, 5.41) is 11.1. The number of benzene rings is 2. The molecule has 190 valence electrons. The number of esters is 1. The first kappa shape index (κ1) is 25.4. The van der Waals surface area contributed by atoms with Gasteiger partial charge in [0.1, 0.15) is 18.2 Å². The van der Waals surface area contributed by atoms with Crippen molar-refractivity contribution in [1.82, 2.24) is 20.3 Å². The molecule has 0 spiro atoms. The minimum Gasteiger partial charge on any atom is -0.458 e. The highest BCUT2D eigenvalue weighted by Crippen LogP contribution is 2.44. The fourth-order valence-electron chi connectivity index (χ4n) is 4.61. The van der Waals surface area contributed by atoms with Crippen molar-refractivity contribution < 1.29 is 19.1 Å². The van der Waals surface area contributed by atoms with Gasteiger partial charge in [-0.25, -0.2) is 14.3 Å². The molecule has 0 saturated carbocycles. The van der Waals surface area contributed by atoms with E-state index in [2.05, 4.69) is 39.9 Å². The van der Waals surface area contributed by atoms with Crippen LogP contribution in [0, 0.1) is 5.92 Å². The second kappa shape index (κ2) is 10.1. The zero-order valence-corrected chi connectivity index (χ0v) is 21.7. The first-order valence-electron chi connectivity index (χ1n) is 12.3. The average Bonchev–Trinajstić information content (AvgIpc) is 3.42. The molecule has 36 heavy (non-hydrogen) atoms. The fourth-order valence-corrected chi connectivity index (χ4v) is 4.61. The number of hydrogen-bond donors (Lipinski definition) is 1. The number of fused-ring (bicyclic) bond motifs is 3. The summed E-state index contributed by atoms with van der Waals surface area (Å²) in [5.74, 6) is -0.452. The van der Waals surface area contributed by atoms with E-state index in [9.17, 15) is 9.59 Å². The van der Waals surface area contributed by atoms with Gasteiger partial charge in [-0.1, -0.05) is 67.6 Å². The summed E-state index contributed by atoms with van der Waals surface area (Å²) in [7, 11) is 0. The van der Waals surface area contributed by atoms with Crippen LogP contribution in [0.2, 0.25) is 0 Å². The second-order valence-electron chi connectivity index (χ2n) is 10.5. The van der Waals surface area contributed by atoms with Gasteiger partial charge < -0.3 is 14.8 Å². The molecule has 3 aromatic rings. The van der Waals surface area contributed by atoms with Crippen molar-refractivity contribution in [1.29, 1.82) is 0 Å². The lowest BCUT2D eigenvalue weighted by Crippen LogP contribution is -2.36. The van der Waals surface area contributed by atoms with E-state index in [1.807, 2.05) is 58.9 Å². The van der Waals surface area contributed by atoms with E-state index in [0.29, 0.717) is 5.69 Å². The summed E-state index contributed by atoms with van der Waals surface area (Å²) < 4.78 is 12.8. The molecule has 1 aliphatic carbocycles. The smallest absolute Gasteiger partial charge is 0.407 e. The molecule has 4 rings (SSSR count). The van der Waals surface area contributed by atoms with Crippen LogP contribution < -0.4 is 5.32 Å². The van der Waals surface area contributed by atoms with Gasteiger partial charge in [0.25, 0.3) is 0 Å². The number of rotatable bonds is 7. The monoisotopic (exact) mass is 490 g/mol. The molecule has 1 N–H and O–H groups in total. The van der Waals surface area contributed by atoms with E-state index in [-0.39, 0.29) is 18.4 Å². The van der Waals surface area contributed by atoms with Gasteiger partial charge >= 0.3 is 12.1 Å². The zero-order chi connectivity index (χ0) is 26.0. The number of carbonyl (C=O) groups is 2. The third-order valence-electron chi connectivity index (χ3n) is 6.32. The predicted octanol–water partition coefficient (Wildman–Crippen LogP) is 5.42. The molecule has 1 aromatic heterocycles. The van der Waals surface area contributed by atoms with Gasteiger partial charge in [-0.2, -0.15) is 0 Å². The molecule has 1 heterocycles. The Morgan fingerprint density at radius 2 is 1.58 bits per heavy atom. The van der Waals surface area contributed by atoms with Crippen LogP contribution in [0.3, 0.4) is 0 Å². The lowest BCUT2D eigenvalue weighted by atomic mass is 9.98. The van der Waals surface area contributed by atoms with Crippen LogP contribution in [0.4, 0.5) is 4.79 Å². The van der Waals surface area contributed by atoms with E-state index in [1.54, 1.807) is 13.1 Å². The third kappa shape index (κ3) is 5.27. The number of carbonyl (C=O) groups excluding carboxylic acids is 2. The Bertz CT molecular complexity index is 1200. The van der Waals surface area contributed by atoms with E-state index < -0.39 is 29.7 Å². The molecule has 0 fully saturated rings. The summed E-state index contributed by atoms with van der Waals surface area (Å²) in [6.45, 7) is 11.3. The SMILES string of the molecule is CC(C)[C@H](NC(=O)OCC1c2ccccc2-c2ccccc21)c1cnnn1[C@@H](C)C(=O)OC(C)(C)C. The quantitative estimate of drug-likeness (QED) is 0.445. The zero-order valence-electron chi connectivity index (χ0n) is 21.7. The third-order valence-corrected chi connectivity index (χ3v) is 6.32. The molecule has 0 saturated heterocycles. The molecular weight excluding hydrogens is 456 g/mol. The van der Waals surface area contributed by atoms with Crippen molar-refractivity contribution in [3.05, 3.63) is 71.5 Å². The van der Waals surface area contributed by atoms with Crippen LogP contribution in [0.25, 0.3) is 11.1 Å². The summed E-state index contributed by atoms with van der Waals surface area (Å²) >= 11 is 0. The molecular formula is C28H34N4O4. The Morgan fingerprint density at radius 1 is 1.00 bits per heavy atom. The van der Waals surface area contributed by atoms with Gasteiger partial charge in [-0.15, -0.1) is 5.10 Å². The Morgan fingerprint density at radius 3 is 2.14 bits per heavy atom. The molecule has 1 amide bonds. The Balaban J connectivity index is 1.47. The van der Waals surface area contributed by atoms with E-state index in [0.717, 1.165) is 11.1 Å². The number of nitrogens with zero attached hydrogens (tertiary/aromatic N) is 3. The first-order valence-corrected chi connectivity index (χ1v) is 12.3. The topological polar surface area (TPSA) is 95.3 Å². The van der Waals surface area contributed by atoms with Crippen LogP contribution in [0.5, 0.6) is 0 Å². The lowest BCUT2D eigenvalue weighted by Gasteiger charge is -2.26. The van der Waals surface area contributed by atoms with Crippen molar-refractivity contribution in [2.24, 2.45) is 5.92 Å². The molecule has 0 aliphatic heterocycles. The summed E-state index contributed by atoms with van der Waals surface area (Å²) in [6, 6.07) is 15.3. The first-order chi connectivity index (χ1) is 17.1. The molecule has 0 radical (unpaired) electrons. The van der Waals surface area contributed by atoms with E-state index in [4.69, 9.17) is 9.47 Å².